The highest BCUT2D eigenvalue weighted by Gasteiger charge is 2.19. The van der Waals surface area contributed by atoms with E-state index in [0.29, 0.717) is 12.1 Å². The Labute approximate surface area is 174 Å². The summed E-state index contributed by atoms with van der Waals surface area (Å²) < 4.78 is 5.31. The summed E-state index contributed by atoms with van der Waals surface area (Å²) in [5.41, 5.74) is 2.90. The zero-order valence-electron chi connectivity index (χ0n) is 16.6. The van der Waals surface area contributed by atoms with E-state index in [4.69, 9.17) is 4.74 Å². The van der Waals surface area contributed by atoms with Crippen LogP contribution < -0.4 is 5.32 Å². The molecule has 3 rings (SSSR count). The molecule has 0 saturated heterocycles. The van der Waals surface area contributed by atoms with E-state index in [1.807, 2.05) is 68.4 Å². The predicted octanol–water partition coefficient (Wildman–Crippen LogP) is 4.17. The number of ether oxygens (including phenoxy) is 1. The second-order valence-corrected chi connectivity index (χ2v) is 7.69. The van der Waals surface area contributed by atoms with E-state index in [0.717, 1.165) is 39.2 Å². The Bertz CT molecular complexity index is 1010. The number of esters is 1. The second-order valence-electron chi connectivity index (χ2n) is 6.52. The lowest BCUT2D eigenvalue weighted by Crippen LogP contribution is -2.30. The number of rotatable bonds is 8. The Hall–Kier alpha value is -2.86. The number of carbonyl (C=O) groups excluding carboxylic acids is 2. The van der Waals surface area contributed by atoms with Gasteiger partial charge in [0, 0.05) is 28.3 Å². The fourth-order valence-electron chi connectivity index (χ4n) is 3.10. The fourth-order valence-corrected chi connectivity index (χ4v) is 3.89. The van der Waals surface area contributed by atoms with Crippen molar-refractivity contribution >= 4 is 34.5 Å². The van der Waals surface area contributed by atoms with Crippen molar-refractivity contribution in [3.05, 3.63) is 71.4 Å². The summed E-state index contributed by atoms with van der Waals surface area (Å²) in [6.45, 7) is 4.08. The first-order valence-electron chi connectivity index (χ1n) is 9.60. The molecule has 0 atom stereocenters. The maximum absolute atomic E-state index is 12.7. The number of hydrogen-bond acceptors (Lipinski definition) is 5. The van der Waals surface area contributed by atoms with Crippen LogP contribution in [0.5, 0.6) is 0 Å². The normalized spacial score (nSPS) is 10.7. The number of aryl methyl sites for hydroxylation is 1. The molecule has 0 saturated carbocycles. The molecule has 3 aromatic rings. The largest absolute Gasteiger partial charge is 0.452 e. The Kier molecular flexibility index (Phi) is 7.25. The highest BCUT2D eigenvalue weighted by atomic mass is 32.2. The Morgan fingerprint density at radius 2 is 1.79 bits per heavy atom. The molecule has 0 fully saturated rings. The third-order valence-corrected chi connectivity index (χ3v) is 5.56. The highest BCUT2D eigenvalue weighted by Crippen LogP contribution is 2.24. The lowest BCUT2D eigenvalue weighted by atomic mass is 10.0. The molecule has 0 radical (unpaired) electrons. The Morgan fingerprint density at radius 1 is 1.07 bits per heavy atom. The lowest BCUT2D eigenvalue weighted by Gasteiger charge is -2.13. The van der Waals surface area contributed by atoms with Gasteiger partial charge in [0.2, 0.25) is 0 Å². The van der Waals surface area contributed by atoms with Crippen LogP contribution in [0, 0.1) is 6.92 Å². The Balaban J connectivity index is 1.56. The van der Waals surface area contributed by atoms with Gasteiger partial charge in [-0.1, -0.05) is 43.3 Å². The van der Waals surface area contributed by atoms with Crippen LogP contribution in [0.15, 0.2) is 59.5 Å². The first-order chi connectivity index (χ1) is 14.1. The summed E-state index contributed by atoms with van der Waals surface area (Å²) >= 11 is 1.66. The van der Waals surface area contributed by atoms with Gasteiger partial charge in [-0.15, -0.1) is 11.8 Å². The van der Waals surface area contributed by atoms with E-state index >= 15 is 0 Å². The summed E-state index contributed by atoms with van der Waals surface area (Å²) in [5, 5.41) is 3.53. The monoisotopic (exact) mass is 408 g/mol. The van der Waals surface area contributed by atoms with Crippen molar-refractivity contribution in [1.29, 1.82) is 0 Å². The summed E-state index contributed by atoms with van der Waals surface area (Å²) in [5.74, 6) is -0.0548. The number of aromatic nitrogens is 1. The molecule has 0 spiro atoms. The van der Waals surface area contributed by atoms with E-state index < -0.39 is 5.97 Å². The molecule has 0 aliphatic rings. The van der Waals surface area contributed by atoms with Crippen molar-refractivity contribution in [2.75, 3.05) is 18.9 Å². The van der Waals surface area contributed by atoms with Gasteiger partial charge in [-0.2, -0.15) is 0 Å². The molecular formula is C23H24N2O3S. The highest BCUT2D eigenvalue weighted by molar-refractivity contribution is 7.99. The van der Waals surface area contributed by atoms with Gasteiger partial charge in [-0.3, -0.25) is 9.78 Å². The van der Waals surface area contributed by atoms with Gasteiger partial charge in [0.25, 0.3) is 5.91 Å². The second kappa shape index (κ2) is 10.1. The Morgan fingerprint density at radius 3 is 2.55 bits per heavy atom. The minimum Gasteiger partial charge on any atom is -0.452 e. The van der Waals surface area contributed by atoms with Crippen molar-refractivity contribution in [2.24, 2.45) is 0 Å². The van der Waals surface area contributed by atoms with E-state index in [2.05, 4.69) is 10.3 Å². The van der Waals surface area contributed by atoms with Crippen molar-refractivity contribution < 1.29 is 14.3 Å². The number of pyridine rings is 1. The third-order valence-electron chi connectivity index (χ3n) is 4.55. The number of carbonyl (C=O) groups is 2. The number of amides is 1. The van der Waals surface area contributed by atoms with Crippen LogP contribution in [-0.2, 0) is 16.0 Å². The van der Waals surface area contributed by atoms with Gasteiger partial charge in [-0.25, -0.2) is 4.79 Å². The van der Waals surface area contributed by atoms with Crippen molar-refractivity contribution in [3.8, 4) is 0 Å². The molecule has 1 amide bonds. The number of thioether (sulfide) groups is 1. The molecule has 2 aromatic carbocycles. The van der Waals surface area contributed by atoms with Crippen molar-refractivity contribution in [2.45, 2.75) is 25.2 Å². The zero-order chi connectivity index (χ0) is 20.6. The molecule has 1 heterocycles. The summed E-state index contributed by atoms with van der Waals surface area (Å²) in [4.78, 5) is 30.6. The van der Waals surface area contributed by atoms with Gasteiger partial charge < -0.3 is 10.1 Å². The molecule has 0 aliphatic carbocycles. The number of nitrogens with zero attached hydrogens (tertiary/aromatic N) is 1. The quantitative estimate of drug-likeness (QED) is 0.344. The number of fused-ring (bicyclic) bond motifs is 1. The predicted molar refractivity (Wildman–Crippen MR) is 116 cm³/mol. The van der Waals surface area contributed by atoms with E-state index in [1.54, 1.807) is 11.8 Å². The summed E-state index contributed by atoms with van der Waals surface area (Å²) in [6, 6.07) is 17.5. The molecule has 0 bridgehead atoms. The minimum absolute atomic E-state index is 0.299. The molecule has 1 aromatic heterocycles. The summed E-state index contributed by atoms with van der Waals surface area (Å²) in [7, 11) is 0. The third kappa shape index (κ3) is 5.35. The molecule has 1 N–H and O–H groups in total. The van der Waals surface area contributed by atoms with Crippen LogP contribution in [0.3, 0.4) is 0 Å². The van der Waals surface area contributed by atoms with Crippen LogP contribution in [0.25, 0.3) is 10.9 Å². The molecule has 6 heteroatoms. The lowest BCUT2D eigenvalue weighted by molar-refractivity contribution is -0.124. The minimum atomic E-state index is -0.496. The average Bonchev–Trinajstić information content (AvgIpc) is 2.75. The zero-order valence-corrected chi connectivity index (χ0v) is 17.4. The number of nitrogens with one attached hydrogen (secondary N) is 1. The van der Waals surface area contributed by atoms with Crippen molar-refractivity contribution in [3.63, 3.8) is 0 Å². The van der Waals surface area contributed by atoms with E-state index in [-0.39, 0.29) is 12.5 Å². The van der Waals surface area contributed by atoms with Gasteiger partial charge >= 0.3 is 5.97 Å². The number of para-hydroxylation sites is 1. The standard InChI is InChI=1S/C23H24N2O3S/c1-3-19-16(2)22(18-11-7-8-12-20(18)25-19)23(27)28-15-21(26)24-13-14-29-17-9-5-4-6-10-17/h4-12H,3,13-15H2,1-2H3,(H,24,26). The summed E-state index contributed by atoms with van der Waals surface area (Å²) in [6.07, 6.45) is 0.719. The first-order valence-corrected chi connectivity index (χ1v) is 10.6. The molecule has 0 unspecified atom stereocenters. The smallest absolute Gasteiger partial charge is 0.339 e. The van der Waals surface area contributed by atoms with Crippen LogP contribution >= 0.6 is 11.8 Å². The first kappa shape index (κ1) is 20.9. The van der Waals surface area contributed by atoms with Crippen LogP contribution in [0.2, 0.25) is 0 Å². The molecular weight excluding hydrogens is 384 g/mol. The molecule has 150 valence electrons. The van der Waals surface area contributed by atoms with E-state index in [1.165, 1.54) is 0 Å². The number of benzene rings is 2. The van der Waals surface area contributed by atoms with Gasteiger partial charge in [0.15, 0.2) is 6.61 Å². The van der Waals surface area contributed by atoms with Crippen molar-refractivity contribution in [1.82, 2.24) is 10.3 Å². The maximum Gasteiger partial charge on any atom is 0.339 e. The SMILES string of the molecule is CCc1nc2ccccc2c(C(=O)OCC(=O)NCCSc2ccccc2)c1C. The van der Waals surface area contributed by atoms with Crippen LogP contribution in [-0.4, -0.2) is 35.8 Å². The van der Waals surface area contributed by atoms with Gasteiger partial charge in [0.1, 0.15) is 0 Å². The van der Waals surface area contributed by atoms with Crippen LogP contribution in [0.1, 0.15) is 28.5 Å². The average molecular weight is 409 g/mol. The molecule has 0 aliphatic heterocycles. The van der Waals surface area contributed by atoms with Gasteiger partial charge in [0.05, 0.1) is 11.1 Å². The van der Waals surface area contributed by atoms with E-state index in [9.17, 15) is 9.59 Å². The topological polar surface area (TPSA) is 68.3 Å². The van der Waals surface area contributed by atoms with Gasteiger partial charge in [-0.05, 0) is 37.1 Å². The molecule has 29 heavy (non-hydrogen) atoms. The number of hydrogen-bond donors (Lipinski definition) is 1. The maximum atomic E-state index is 12.7. The molecule has 5 nitrogen and oxygen atoms in total. The fraction of sp³-hybridized carbons (Fsp3) is 0.261. The van der Waals surface area contributed by atoms with Crippen LogP contribution in [0.4, 0.5) is 0 Å².